The van der Waals surface area contributed by atoms with Crippen molar-refractivity contribution in [2.45, 2.75) is 5.41 Å². The first-order valence-electron chi connectivity index (χ1n) is 8.94. The van der Waals surface area contributed by atoms with Crippen LogP contribution in [0.1, 0.15) is 22.5 Å². The van der Waals surface area contributed by atoms with Crippen LogP contribution in [0.3, 0.4) is 0 Å². The number of rotatable bonds is 2. The van der Waals surface area contributed by atoms with E-state index >= 15 is 0 Å². The zero-order valence-electron chi connectivity index (χ0n) is 14.6. The molecule has 5 rings (SSSR count). The normalized spacial score (nSPS) is 17.8. The van der Waals surface area contributed by atoms with Gasteiger partial charge in [0.2, 0.25) is 0 Å². The van der Waals surface area contributed by atoms with Crippen LogP contribution in [0.2, 0.25) is 5.02 Å². The molecule has 0 spiro atoms. The Morgan fingerprint density at radius 2 is 1.48 bits per heavy atom. The molecule has 1 N–H and O–H groups in total. The lowest BCUT2D eigenvalue weighted by atomic mass is 9.72. The molecule has 0 fully saturated rings. The molecule has 4 aromatic rings. The summed E-state index contributed by atoms with van der Waals surface area (Å²) in [6.07, 6.45) is 8.06. The fourth-order valence-electron chi connectivity index (χ4n) is 4.08. The van der Waals surface area contributed by atoms with E-state index in [4.69, 9.17) is 11.6 Å². The van der Waals surface area contributed by atoms with Crippen LogP contribution in [0.4, 0.5) is 0 Å². The minimum absolute atomic E-state index is 0.600. The largest absolute Gasteiger partial charge is 0.347 e. The summed E-state index contributed by atoms with van der Waals surface area (Å²) >= 11 is 6.72. The third-order valence-electron chi connectivity index (χ3n) is 5.29. The third kappa shape index (κ3) is 2.37. The van der Waals surface area contributed by atoms with Crippen molar-refractivity contribution < 1.29 is 0 Å². The van der Waals surface area contributed by atoms with Gasteiger partial charge in [-0.05, 0) is 33.9 Å². The summed E-state index contributed by atoms with van der Waals surface area (Å²) in [5.41, 5.74) is 5.16. The number of aromatic amines is 1. The molecule has 0 aliphatic heterocycles. The van der Waals surface area contributed by atoms with Gasteiger partial charge in [-0.15, -0.1) is 0 Å². The van der Waals surface area contributed by atoms with Crippen molar-refractivity contribution in [1.29, 1.82) is 0 Å². The summed E-state index contributed by atoms with van der Waals surface area (Å²) in [5.74, 6) is 0.854. The molecule has 1 aliphatic carbocycles. The van der Waals surface area contributed by atoms with E-state index in [2.05, 4.69) is 76.7 Å². The maximum atomic E-state index is 6.72. The highest BCUT2D eigenvalue weighted by Crippen LogP contribution is 2.48. The van der Waals surface area contributed by atoms with E-state index in [1.165, 1.54) is 16.7 Å². The average Bonchev–Trinajstić information content (AvgIpc) is 3.21. The van der Waals surface area contributed by atoms with Crippen LogP contribution in [-0.2, 0) is 5.41 Å². The van der Waals surface area contributed by atoms with Crippen LogP contribution in [-0.4, -0.2) is 9.97 Å². The third-order valence-corrected chi connectivity index (χ3v) is 5.62. The first kappa shape index (κ1) is 16.1. The topological polar surface area (TPSA) is 28.7 Å². The Morgan fingerprint density at radius 1 is 0.778 bits per heavy atom. The molecule has 0 saturated carbocycles. The molecule has 0 bridgehead atoms. The van der Waals surface area contributed by atoms with Gasteiger partial charge in [0, 0.05) is 17.4 Å². The lowest BCUT2D eigenvalue weighted by Crippen LogP contribution is -2.29. The minimum atomic E-state index is -0.600. The van der Waals surface area contributed by atoms with Crippen LogP contribution in [0.15, 0.2) is 91.3 Å². The van der Waals surface area contributed by atoms with Crippen molar-refractivity contribution in [3.05, 3.63) is 119 Å². The standard InChI is InChI=1S/C24H17ClN2/c25-22-12-6-5-11-21(22)24(23-26-15-16-27-23)14-13-17-7-1-2-8-18(17)19-9-3-4-10-20(19)24/h1-16H,(H,26,27). The van der Waals surface area contributed by atoms with Crippen molar-refractivity contribution in [3.63, 3.8) is 0 Å². The number of H-pyrrole nitrogens is 1. The van der Waals surface area contributed by atoms with E-state index < -0.39 is 5.41 Å². The number of allylic oxidation sites excluding steroid dienone is 1. The van der Waals surface area contributed by atoms with E-state index in [0.717, 1.165) is 22.0 Å². The smallest absolute Gasteiger partial charge is 0.125 e. The summed E-state index contributed by atoms with van der Waals surface area (Å²) in [4.78, 5) is 8.02. The van der Waals surface area contributed by atoms with Gasteiger partial charge in [-0.2, -0.15) is 0 Å². The number of halogens is 1. The van der Waals surface area contributed by atoms with E-state index in [0.29, 0.717) is 0 Å². The van der Waals surface area contributed by atoms with Crippen LogP contribution >= 0.6 is 11.6 Å². The fourth-order valence-corrected chi connectivity index (χ4v) is 4.37. The fraction of sp³-hybridized carbons (Fsp3) is 0.0417. The highest BCUT2D eigenvalue weighted by atomic mass is 35.5. The van der Waals surface area contributed by atoms with Gasteiger partial charge in [0.1, 0.15) is 5.82 Å². The average molecular weight is 369 g/mol. The van der Waals surface area contributed by atoms with Gasteiger partial charge in [0.15, 0.2) is 0 Å². The lowest BCUT2D eigenvalue weighted by Gasteiger charge is -2.32. The molecule has 3 aromatic carbocycles. The SMILES string of the molecule is Clc1ccccc1C1(c2ncc[nH]2)C=Cc2ccccc2-c2ccccc21. The molecule has 130 valence electrons. The molecular formula is C24H17ClN2. The number of imidazole rings is 1. The molecule has 0 radical (unpaired) electrons. The van der Waals surface area contributed by atoms with E-state index in [-0.39, 0.29) is 0 Å². The molecule has 1 heterocycles. The highest BCUT2D eigenvalue weighted by molar-refractivity contribution is 6.31. The van der Waals surface area contributed by atoms with Gasteiger partial charge in [-0.1, -0.05) is 90.5 Å². The second kappa shape index (κ2) is 6.26. The van der Waals surface area contributed by atoms with E-state index in [1.807, 2.05) is 24.4 Å². The molecule has 1 atom stereocenters. The van der Waals surface area contributed by atoms with Gasteiger partial charge in [0.25, 0.3) is 0 Å². The Balaban J connectivity index is 1.95. The maximum absolute atomic E-state index is 6.72. The van der Waals surface area contributed by atoms with Crippen molar-refractivity contribution in [2.75, 3.05) is 0 Å². The molecule has 1 aliphatic rings. The van der Waals surface area contributed by atoms with Crippen LogP contribution < -0.4 is 0 Å². The van der Waals surface area contributed by atoms with Gasteiger partial charge < -0.3 is 4.98 Å². The van der Waals surface area contributed by atoms with Gasteiger partial charge in [-0.3, -0.25) is 0 Å². The molecule has 2 nitrogen and oxygen atoms in total. The molecule has 0 amide bonds. The van der Waals surface area contributed by atoms with Crippen molar-refractivity contribution >= 4 is 17.7 Å². The first-order chi connectivity index (χ1) is 13.3. The molecule has 1 unspecified atom stereocenters. The summed E-state index contributed by atoms with van der Waals surface area (Å²) in [6.45, 7) is 0. The number of aromatic nitrogens is 2. The molecule has 1 aromatic heterocycles. The van der Waals surface area contributed by atoms with Crippen molar-refractivity contribution in [2.24, 2.45) is 0 Å². The summed E-state index contributed by atoms with van der Waals surface area (Å²) < 4.78 is 0. The van der Waals surface area contributed by atoms with Gasteiger partial charge in [0.05, 0.1) is 5.41 Å². The highest BCUT2D eigenvalue weighted by Gasteiger charge is 2.40. The maximum Gasteiger partial charge on any atom is 0.125 e. The first-order valence-corrected chi connectivity index (χ1v) is 9.31. The molecule has 27 heavy (non-hydrogen) atoms. The second-order valence-corrected chi connectivity index (χ2v) is 7.10. The lowest BCUT2D eigenvalue weighted by molar-refractivity contribution is 0.726. The number of hydrogen-bond donors (Lipinski definition) is 1. The van der Waals surface area contributed by atoms with Crippen LogP contribution in [0, 0.1) is 0 Å². The minimum Gasteiger partial charge on any atom is -0.347 e. The Hall–Kier alpha value is -3.10. The summed E-state index contributed by atoms with van der Waals surface area (Å²) in [5, 5.41) is 0.722. The van der Waals surface area contributed by atoms with Crippen LogP contribution in [0.25, 0.3) is 17.2 Å². The van der Waals surface area contributed by atoms with Gasteiger partial charge >= 0.3 is 0 Å². The van der Waals surface area contributed by atoms with Gasteiger partial charge in [-0.25, -0.2) is 4.98 Å². The van der Waals surface area contributed by atoms with E-state index in [9.17, 15) is 0 Å². The summed E-state index contributed by atoms with van der Waals surface area (Å²) in [6, 6.07) is 25.0. The Morgan fingerprint density at radius 3 is 2.26 bits per heavy atom. The van der Waals surface area contributed by atoms with Crippen LogP contribution in [0.5, 0.6) is 0 Å². The number of fused-ring (bicyclic) bond motifs is 3. The van der Waals surface area contributed by atoms with Crippen molar-refractivity contribution in [3.8, 4) is 11.1 Å². The number of nitrogens with zero attached hydrogens (tertiary/aromatic N) is 1. The zero-order chi connectivity index (χ0) is 18.3. The number of benzene rings is 3. The monoisotopic (exact) mass is 368 g/mol. The second-order valence-electron chi connectivity index (χ2n) is 6.69. The molecule has 0 saturated heterocycles. The summed E-state index contributed by atoms with van der Waals surface area (Å²) in [7, 11) is 0. The zero-order valence-corrected chi connectivity index (χ0v) is 15.3. The molecular weight excluding hydrogens is 352 g/mol. The quantitative estimate of drug-likeness (QED) is 0.455. The Bertz CT molecular complexity index is 1140. The van der Waals surface area contributed by atoms with E-state index in [1.54, 1.807) is 6.20 Å². The number of hydrogen-bond acceptors (Lipinski definition) is 1. The predicted molar refractivity (Wildman–Crippen MR) is 111 cm³/mol. The molecule has 3 heteroatoms. The predicted octanol–water partition coefficient (Wildman–Crippen LogP) is 6.09. The Kier molecular flexibility index (Phi) is 3.73. The Labute approximate surface area is 163 Å². The van der Waals surface area contributed by atoms with Crippen molar-refractivity contribution in [1.82, 2.24) is 9.97 Å². The number of nitrogens with one attached hydrogen (secondary N) is 1.